The molecule has 0 aliphatic carbocycles. The van der Waals surface area contributed by atoms with Gasteiger partial charge in [0.25, 0.3) is 0 Å². The predicted molar refractivity (Wildman–Crippen MR) is 113 cm³/mol. The van der Waals surface area contributed by atoms with Gasteiger partial charge in [0, 0.05) is 35.2 Å². The number of rotatable bonds is 6. The Morgan fingerprint density at radius 2 is 1.62 bits per heavy atom. The van der Waals surface area contributed by atoms with Crippen LogP contribution in [0.3, 0.4) is 0 Å². The average Bonchev–Trinajstić information content (AvgIpc) is 3.09. The molecule has 1 N–H and O–H groups in total. The molecule has 0 unspecified atom stereocenters. The highest BCUT2D eigenvalue weighted by atomic mass is 16.5. The summed E-state index contributed by atoms with van der Waals surface area (Å²) < 4.78 is 22.4. The van der Waals surface area contributed by atoms with E-state index < -0.39 is 0 Å². The van der Waals surface area contributed by atoms with E-state index in [0.717, 1.165) is 43.1 Å². The Morgan fingerprint density at radius 3 is 2.24 bits per heavy atom. The number of nitrogens with one attached hydrogen (secondary N) is 1. The van der Waals surface area contributed by atoms with E-state index in [1.807, 2.05) is 0 Å². The SMILES string of the molecule is COc1cc([C@H](c2c(C)[nH]c3ccccc23)N2CCOCC2)cc(OC)c1OC. The molecule has 0 radical (unpaired) electrons. The number of fused-ring (bicyclic) bond motifs is 1. The fourth-order valence-corrected chi connectivity index (χ4v) is 4.31. The van der Waals surface area contributed by atoms with Gasteiger partial charge in [0.1, 0.15) is 0 Å². The molecule has 2 heterocycles. The number of methoxy groups -OCH3 is 3. The zero-order valence-corrected chi connectivity index (χ0v) is 17.5. The second kappa shape index (κ2) is 8.35. The Hall–Kier alpha value is -2.70. The topological polar surface area (TPSA) is 56.0 Å². The minimum Gasteiger partial charge on any atom is -0.493 e. The summed E-state index contributed by atoms with van der Waals surface area (Å²) in [6.45, 7) is 5.31. The van der Waals surface area contributed by atoms with E-state index in [1.165, 1.54) is 10.9 Å². The summed E-state index contributed by atoms with van der Waals surface area (Å²) in [6, 6.07) is 12.6. The number of hydrogen-bond acceptors (Lipinski definition) is 5. The number of morpholine rings is 1. The summed E-state index contributed by atoms with van der Waals surface area (Å²) in [4.78, 5) is 6.02. The molecule has 1 atom stereocenters. The van der Waals surface area contributed by atoms with Crippen LogP contribution in [0.5, 0.6) is 17.2 Å². The third kappa shape index (κ3) is 3.54. The molecule has 4 rings (SSSR count). The maximum absolute atomic E-state index is 5.64. The zero-order chi connectivity index (χ0) is 20.4. The van der Waals surface area contributed by atoms with Crippen LogP contribution >= 0.6 is 0 Å². The highest BCUT2D eigenvalue weighted by molar-refractivity contribution is 5.85. The molecule has 29 heavy (non-hydrogen) atoms. The van der Waals surface area contributed by atoms with Crippen LogP contribution in [0.1, 0.15) is 22.9 Å². The molecule has 1 saturated heterocycles. The molecular weight excluding hydrogens is 368 g/mol. The first-order valence-electron chi connectivity index (χ1n) is 9.86. The number of benzene rings is 2. The Kier molecular flexibility index (Phi) is 5.65. The number of nitrogens with zero attached hydrogens (tertiary/aromatic N) is 1. The van der Waals surface area contributed by atoms with Crippen molar-refractivity contribution in [3.63, 3.8) is 0 Å². The van der Waals surface area contributed by atoms with Crippen molar-refractivity contribution in [3.05, 3.63) is 53.2 Å². The highest BCUT2D eigenvalue weighted by Gasteiger charge is 2.30. The van der Waals surface area contributed by atoms with Gasteiger partial charge in [-0.1, -0.05) is 18.2 Å². The Morgan fingerprint density at radius 1 is 0.966 bits per heavy atom. The minimum absolute atomic E-state index is 0.0451. The van der Waals surface area contributed by atoms with E-state index in [0.29, 0.717) is 17.2 Å². The van der Waals surface area contributed by atoms with Crippen molar-refractivity contribution < 1.29 is 18.9 Å². The summed E-state index contributed by atoms with van der Waals surface area (Å²) in [5, 5.41) is 1.23. The number of aromatic amines is 1. The fraction of sp³-hybridized carbons (Fsp3) is 0.391. The van der Waals surface area contributed by atoms with Crippen LogP contribution in [0.2, 0.25) is 0 Å². The second-order valence-corrected chi connectivity index (χ2v) is 7.22. The van der Waals surface area contributed by atoms with Crippen LogP contribution in [0.15, 0.2) is 36.4 Å². The third-order valence-electron chi connectivity index (χ3n) is 5.63. The average molecular weight is 396 g/mol. The summed E-state index contributed by atoms with van der Waals surface area (Å²) >= 11 is 0. The van der Waals surface area contributed by atoms with Crippen molar-refractivity contribution in [3.8, 4) is 17.2 Å². The van der Waals surface area contributed by atoms with E-state index >= 15 is 0 Å². The molecular formula is C23H28N2O4. The Labute approximate surface area is 171 Å². The molecule has 1 aliphatic heterocycles. The largest absolute Gasteiger partial charge is 0.493 e. The van der Waals surface area contributed by atoms with E-state index in [4.69, 9.17) is 18.9 Å². The first kappa shape index (κ1) is 19.6. The lowest BCUT2D eigenvalue weighted by Crippen LogP contribution is -2.39. The van der Waals surface area contributed by atoms with Crippen molar-refractivity contribution in [1.82, 2.24) is 9.88 Å². The first-order valence-corrected chi connectivity index (χ1v) is 9.86. The van der Waals surface area contributed by atoms with Gasteiger partial charge in [0.05, 0.1) is 40.6 Å². The van der Waals surface area contributed by atoms with Gasteiger partial charge in [-0.2, -0.15) is 0 Å². The van der Waals surface area contributed by atoms with E-state index in [9.17, 15) is 0 Å². The number of ether oxygens (including phenoxy) is 4. The number of H-pyrrole nitrogens is 1. The lowest BCUT2D eigenvalue weighted by atomic mass is 9.93. The van der Waals surface area contributed by atoms with Gasteiger partial charge in [0.2, 0.25) is 5.75 Å². The van der Waals surface area contributed by atoms with Crippen molar-refractivity contribution in [2.75, 3.05) is 47.6 Å². The number of aryl methyl sites for hydroxylation is 1. The lowest BCUT2D eigenvalue weighted by molar-refractivity contribution is 0.0240. The number of hydrogen-bond donors (Lipinski definition) is 1. The summed E-state index contributed by atoms with van der Waals surface area (Å²) in [5.74, 6) is 1.94. The van der Waals surface area contributed by atoms with E-state index in [2.05, 4.69) is 53.2 Å². The van der Waals surface area contributed by atoms with E-state index in [1.54, 1.807) is 21.3 Å². The van der Waals surface area contributed by atoms with Crippen LogP contribution in [0.4, 0.5) is 0 Å². The standard InChI is InChI=1S/C23H28N2O4/c1-15-21(17-7-5-6-8-18(17)24-15)22(25-9-11-29-12-10-25)16-13-19(26-2)23(28-4)20(14-16)27-3/h5-8,13-14,22,24H,9-12H2,1-4H3/t22-/m1/s1. The molecule has 2 aromatic carbocycles. The van der Waals surface area contributed by atoms with Crippen molar-refractivity contribution in [2.45, 2.75) is 13.0 Å². The first-order chi connectivity index (χ1) is 14.2. The third-order valence-corrected chi connectivity index (χ3v) is 5.63. The molecule has 0 spiro atoms. The molecule has 1 aliphatic rings. The number of aromatic nitrogens is 1. The monoisotopic (exact) mass is 396 g/mol. The van der Waals surface area contributed by atoms with E-state index in [-0.39, 0.29) is 6.04 Å². The molecule has 1 aromatic heterocycles. The van der Waals surface area contributed by atoms with Gasteiger partial charge in [-0.05, 0) is 30.7 Å². The Bertz CT molecular complexity index is 967. The molecule has 154 valence electrons. The van der Waals surface area contributed by atoms with Gasteiger partial charge in [-0.25, -0.2) is 0 Å². The van der Waals surface area contributed by atoms with Gasteiger partial charge in [-0.15, -0.1) is 0 Å². The van der Waals surface area contributed by atoms with Gasteiger partial charge >= 0.3 is 0 Å². The quantitative estimate of drug-likeness (QED) is 0.684. The molecule has 3 aromatic rings. The van der Waals surface area contributed by atoms with Crippen LogP contribution in [-0.2, 0) is 4.74 Å². The molecule has 6 heteroatoms. The zero-order valence-electron chi connectivity index (χ0n) is 17.5. The minimum atomic E-state index is 0.0451. The lowest BCUT2D eigenvalue weighted by Gasteiger charge is -2.35. The van der Waals surface area contributed by atoms with Gasteiger partial charge in [-0.3, -0.25) is 4.90 Å². The normalized spacial score (nSPS) is 16.0. The molecule has 1 fully saturated rings. The van der Waals surface area contributed by atoms with Gasteiger partial charge in [0.15, 0.2) is 11.5 Å². The van der Waals surface area contributed by atoms with Crippen LogP contribution in [-0.4, -0.2) is 57.5 Å². The van der Waals surface area contributed by atoms with Crippen molar-refractivity contribution in [2.24, 2.45) is 0 Å². The molecule has 0 bridgehead atoms. The van der Waals surface area contributed by atoms with Gasteiger partial charge < -0.3 is 23.9 Å². The smallest absolute Gasteiger partial charge is 0.203 e. The fourth-order valence-electron chi connectivity index (χ4n) is 4.31. The van der Waals surface area contributed by atoms with Crippen LogP contribution in [0, 0.1) is 6.92 Å². The maximum Gasteiger partial charge on any atom is 0.203 e. The molecule has 0 saturated carbocycles. The molecule has 6 nitrogen and oxygen atoms in total. The van der Waals surface area contributed by atoms with Crippen LogP contribution < -0.4 is 14.2 Å². The maximum atomic E-state index is 5.64. The predicted octanol–water partition coefficient (Wildman–Crippen LogP) is 3.92. The number of para-hydroxylation sites is 1. The second-order valence-electron chi connectivity index (χ2n) is 7.22. The summed E-state index contributed by atoms with van der Waals surface area (Å²) in [5.41, 5.74) is 4.69. The summed E-state index contributed by atoms with van der Waals surface area (Å²) in [7, 11) is 4.94. The highest BCUT2D eigenvalue weighted by Crippen LogP contribution is 2.44. The summed E-state index contributed by atoms with van der Waals surface area (Å²) in [6.07, 6.45) is 0. The van der Waals surface area contributed by atoms with Crippen molar-refractivity contribution in [1.29, 1.82) is 0 Å². The van der Waals surface area contributed by atoms with Crippen LogP contribution in [0.25, 0.3) is 10.9 Å². The molecule has 0 amide bonds. The van der Waals surface area contributed by atoms with Crippen molar-refractivity contribution >= 4 is 10.9 Å². The Balaban J connectivity index is 1.93.